The van der Waals surface area contributed by atoms with Gasteiger partial charge in [0.1, 0.15) is 5.15 Å². The summed E-state index contributed by atoms with van der Waals surface area (Å²) in [6, 6.07) is 0. The number of hydrogen-bond acceptors (Lipinski definition) is 3. The van der Waals surface area contributed by atoms with Crippen molar-refractivity contribution in [3.8, 4) is 0 Å². The highest BCUT2D eigenvalue weighted by atomic mass is 35.5. The van der Waals surface area contributed by atoms with Crippen LogP contribution in [0.15, 0.2) is 12.7 Å². The molecule has 10 heavy (non-hydrogen) atoms. The van der Waals surface area contributed by atoms with Gasteiger partial charge in [-0.05, 0) is 0 Å². The van der Waals surface area contributed by atoms with Crippen LogP contribution in [0.2, 0.25) is 5.15 Å². The van der Waals surface area contributed by atoms with E-state index < -0.39 is 0 Å². The first-order valence-corrected chi connectivity index (χ1v) is 3.95. The summed E-state index contributed by atoms with van der Waals surface area (Å²) in [6.45, 7) is 3.59. The minimum absolute atomic E-state index is 0.502. The molecule has 2 N–H and O–H groups in total. The van der Waals surface area contributed by atoms with Crippen LogP contribution >= 0.6 is 22.9 Å². The van der Waals surface area contributed by atoms with Gasteiger partial charge in [0.2, 0.25) is 0 Å². The molecular formula is C6H7ClN2S. The van der Waals surface area contributed by atoms with Crippen LogP contribution in [-0.2, 0) is 6.42 Å². The number of nitrogen functional groups attached to an aromatic ring is 1. The van der Waals surface area contributed by atoms with Gasteiger partial charge >= 0.3 is 0 Å². The third-order valence-electron chi connectivity index (χ3n) is 0.996. The van der Waals surface area contributed by atoms with Crippen molar-refractivity contribution >= 4 is 28.1 Å². The summed E-state index contributed by atoms with van der Waals surface area (Å²) in [7, 11) is 0. The molecule has 0 radical (unpaired) electrons. The van der Waals surface area contributed by atoms with Crippen LogP contribution < -0.4 is 5.73 Å². The average Bonchev–Trinajstić information content (AvgIpc) is 2.13. The standard InChI is InChI=1S/C6H7ClN2S/c1-2-3-4-5(7)9-6(8)10-4/h2H,1,3H2,(H2,8,9). The summed E-state index contributed by atoms with van der Waals surface area (Å²) in [6.07, 6.45) is 2.52. The highest BCUT2D eigenvalue weighted by molar-refractivity contribution is 7.15. The second-order valence-electron chi connectivity index (χ2n) is 1.76. The van der Waals surface area contributed by atoms with Gasteiger partial charge in [0.05, 0.1) is 0 Å². The maximum atomic E-state index is 5.70. The molecule has 0 unspecified atom stereocenters. The lowest BCUT2D eigenvalue weighted by molar-refractivity contribution is 1.30. The van der Waals surface area contributed by atoms with Crippen molar-refractivity contribution in [2.45, 2.75) is 6.42 Å². The van der Waals surface area contributed by atoms with Gasteiger partial charge in [0.15, 0.2) is 5.13 Å². The fourth-order valence-electron chi connectivity index (χ4n) is 0.607. The first-order valence-electron chi connectivity index (χ1n) is 2.75. The molecule has 0 saturated heterocycles. The Hall–Kier alpha value is -0.540. The number of allylic oxidation sites excluding steroid dienone is 1. The van der Waals surface area contributed by atoms with Crippen LogP contribution in [0.3, 0.4) is 0 Å². The fraction of sp³-hybridized carbons (Fsp3) is 0.167. The highest BCUT2D eigenvalue weighted by Crippen LogP contribution is 2.24. The number of nitrogens with zero attached hydrogens (tertiary/aromatic N) is 1. The molecule has 0 amide bonds. The zero-order valence-corrected chi connectivity index (χ0v) is 6.87. The molecule has 0 aliphatic rings. The lowest BCUT2D eigenvalue weighted by Crippen LogP contribution is -1.78. The minimum atomic E-state index is 0.502. The first-order chi connectivity index (χ1) is 4.74. The normalized spacial score (nSPS) is 9.70. The van der Waals surface area contributed by atoms with E-state index in [1.54, 1.807) is 6.08 Å². The monoisotopic (exact) mass is 174 g/mol. The molecule has 0 spiro atoms. The minimum Gasteiger partial charge on any atom is -0.375 e. The number of thiazole rings is 1. The number of anilines is 1. The maximum absolute atomic E-state index is 5.70. The molecule has 1 heterocycles. The maximum Gasteiger partial charge on any atom is 0.181 e. The molecule has 2 nitrogen and oxygen atoms in total. The number of rotatable bonds is 2. The van der Waals surface area contributed by atoms with E-state index >= 15 is 0 Å². The molecular weight excluding hydrogens is 168 g/mol. The van der Waals surface area contributed by atoms with Crippen molar-refractivity contribution in [1.29, 1.82) is 0 Å². The van der Waals surface area contributed by atoms with Crippen LogP contribution in [-0.4, -0.2) is 4.98 Å². The second-order valence-corrected chi connectivity index (χ2v) is 3.23. The quantitative estimate of drug-likeness (QED) is 0.698. The first kappa shape index (κ1) is 7.57. The Morgan fingerprint density at radius 1 is 1.80 bits per heavy atom. The predicted molar refractivity (Wildman–Crippen MR) is 45.4 cm³/mol. The summed E-state index contributed by atoms with van der Waals surface area (Å²) in [5.41, 5.74) is 5.40. The van der Waals surface area contributed by atoms with Crippen molar-refractivity contribution in [1.82, 2.24) is 4.98 Å². The van der Waals surface area contributed by atoms with E-state index in [1.807, 2.05) is 0 Å². The van der Waals surface area contributed by atoms with Gasteiger partial charge in [0, 0.05) is 11.3 Å². The molecule has 0 saturated carbocycles. The van der Waals surface area contributed by atoms with Crippen molar-refractivity contribution < 1.29 is 0 Å². The van der Waals surface area contributed by atoms with Crippen molar-refractivity contribution in [2.75, 3.05) is 5.73 Å². The van der Waals surface area contributed by atoms with Crippen LogP contribution in [0.4, 0.5) is 5.13 Å². The number of aromatic nitrogens is 1. The van der Waals surface area contributed by atoms with Crippen molar-refractivity contribution in [3.05, 3.63) is 22.7 Å². The summed E-state index contributed by atoms with van der Waals surface area (Å²) in [5, 5.41) is 1.02. The molecule has 0 bridgehead atoms. The fourth-order valence-corrected chi connectivity index (χ4v) is 1.66. The Morgan fingerprint density at radius 2 is 2.50 bits per heavy atom. The Kier molecular flexibility index (Phi) is 2.29. The number of halogens is 1. The Labute approximate surface area is 68.3 Å². The zero-order valence-electron chi connectivity index (χ0n) is 5.30. The van der Waals surface area contributed by atoms with E-state index in [0.29, 0.717) is 10.3 Å². The molecule has 0 atom stereocenters. The van der Waals surface area contributed by atoms with Gasteiger partial charge in [-0.3, -0.25) is 0 Å². The van der Waals surface area contributed by atoms with Gasteiger partial charge in [0.25, 0.3) is 0 Å². The van der Waals surface area contributed by atoms with Gasteiger partial charge in [-0.1, -0.05) is 17.7 Å². The van der Waals surface area contributed by atoms with E-state index in [0.717, 1.165) is 11.3 Å². The van der Waals surface area contributed by atoms with E-state index in [4.69, 9.17) is 17.3 Å². The Morgan fingerprint density at radius 3 is 2.90 bits per heavy atom. The van der Waals surface area contributed by atoms with E-state index in [2.05, 4.69) is 11.6 Å². The Balaban J connectivity index is 2.91. The lowest BCUT2D eigenvalue weighted by atomic mass is 10.4. The van der Waals surface area contributed by atoms with E-state index in [9.17, 15) is 0 Å². The summed E-state index contributed by atoms with van der Waals surface area (Å²) in [4.78, 5) is 4.82. The van der Waals surface area contributed by atoms with Crippen LogP contribution in [0.25, 0.3) is 0 Å². The van der Waals surface area contributed by atoms with Gasteiger partial charge < -0.3 is 5.73 Å². The zero-order chi connectivity index (χ0) is 7.56. The molecule has 0 aliphatic carbocycles. The van der Waals surface area contributed by atoms with Crippen LogP contribution in [0.5, 0.6) is 0 Å². The largest absolute Gasteiger partial charge is 0.375 e. The van der Waals surface area contributed by atoms with Crippen LogP contribution in [0, 0.1) is 0 Å². The second kappa shape index (κ2) is 3.03. The highest BCUT2D eigenvalue weighted by Gasteiger charge is 2.03. The molecule has 1 aromatic heterocycles. The van der Waals surface area contributed by atoms with E-state index in [1.165, 1.54) is 11.3 Å². The molecule has 54 valence electrons. The molecule has 1 aromatic rings. The molecule has 1 rings (SSSR count). The molecule has 0 aromatic carbocycles. The third kappa shape index (κ3) is 1.49. The topological polar surface area (TPSA) is 38.9 Å². The molecule has 0 fully saturated rings. The third-order valence-corrected chi connectivity index (χ3v) is 2.33. The van der Waals surface area contributed by atoms with E-state index in [-0.39, 0.29) is 0 Å². The number of nitrogens with two attached hydrogens (primary N) is 1. The summed E-state index contributed by atoms with van der Waals surface area (Å²) in [5.74, 6) is 0. The van der Waals surface area contributed by atoms with Gasteiger partial charge in [-0.2, -0.15) is 0 Å². The van der Waals surface area contributed by atoms with Crippen molar-refractivity contribution in [3.63, 3.8) is 0 Å². The smallest absolute Gasteiger partial charge is 0.181 e. The molecule has 4 heteroatoms. The van der Waals surface area contributed by atoms with Gasteiger partial charge in [-0.15, -0.1) is 17.9 Å². The lowest BCUT2D eigenvalue weighted by Gasteiger charge is -1.85. The summed E-state index contributed by atoms with van der Waals surface area (Å²) >= 11 is 7.10. The number of hydrogen-bond donors (Lipinski definition) is 1. The van der Waals surface area contributed by atoms with Crippen molar-refractivity contribution in [2.24, 2.45) is 0 Å². The SMILES string of the molecule is C=CCc1sc(N)nc1Cl. The molecule has 0 aliphatic heterocycles. The predicted octanol–water partition coefficient (Wildman–Crippen LogP) is 2.11. The van der Waals surface area contributed by atoms with Gasteiger partial charge in [-0.25, -0.2) is 4.98 Å². The summed E-state index contributed by atoms with van der Waals surface area (Å²) < 4.78 is 0. The average molecular weight is 175 g/mol. The van der Waals surface area contributed by atoms with Crippen LogP contribution in [0.1, 0.15) is 4.88 Å². The Bertz CT molecular complexity index is 244.